The standard InChI is InChI=1S/C27H25Cl2NO4/c1-33-24-13-15(11-12-23(24)34-14-16-17(28)5-2-6-18(16)29)25-26-19(7-3-9-21(26)31)30-20-8-4-10-22(32)27(20)25/h2,5-6,11-13,25,30H,3-4,7-10,14H2,1H3. The highest BCUT2D eigenvalue weighted by molar-refractivity contribution is 6.35. The predicted molar refractivity (Wildman–Crippen MR) is 131 cm³/mol. The molecule has 0 atom stereocenters. The van der Waals surface area contributed by atoms with Crippen molar-refractivity contribution >= 4 is 34.8 Å². The molecule has 1 N–H and O–H groups in total. The Hall–Kier alpha value is -2.76. The number of carbonyl (C=O) groups excluding carboxylic acids is 2. The summed E-state index contributed by atoms with van der Waals surface area (Å²) in [6.07, 6.45) is 4.30. The SMILES string of the molecule is COc1cc(C2C3=C(CCCC3=O)NC3=C2C(=O)CCC3)ccc1OCc1c(Cl)cccc1Cl. The predicted octanol–water partition coefficient (Wildman–Crippen LogP) is 6.28. The Labute approximate surface area is 208 Å². The molecule has 176 valence electrons. The lowest BCUT2D eigenvalue weighted by atomic mass is 9.71. The van der Waals surface area contributed by atoms with Crippen LogP contribution in [0.5, 0.6) is 11.5 Å². The van der Waals surface area contributed by atoms with E-state index in [4.69, 9.17) is 32.7 Å². The van der Waals surface area contributed by atoms with Crippen LogP contribution in [0.2, 0.25) is 10.0 Å². The van der Waals surface area contributed by atoms with Gasteiger partial charge < -0.3 is 14.8 Å². The monoisotopic (exact) mass is 497 g/mol. The third kappa shape index (κ3) is 4.12. The summed E-state index contributed by atoms with van der Waals surface area (Å²) in [4.78, 5) is 26.1. The van der Waals surface area contributed by atoms with Gasteiger partial charge in [-0.3, -0.25) is 9.59 Å². The summed E-state index contributed by atoms with van der Waals surface area (Å²) in [5.74, 6) is 0.889. The van der Waals surface area contributed by atoms with Gasteiger partial charge in [0.2, 0.25) is 0 Å². The molecular weight excluding hydrogens is 473 g/mol. The molecular formula is C27H25Cl2NO4. The van der Waals surface area contributed by atoms with Gasteiger partial charge in [0.05, 0.1) is 7.11 Å². The van der Waals surface area contributed by atoms with Gasteiger partial charge in [-0.1, -0.05) is 35.3 Å². The van der Waals surface area contributed by atoms with E-state index in [9.17, 15) is 9.59 Å². The lowest BCUT2D eigenvalue weighted by Gasteiger charge is -2.37. The van der Waals surface area contributed by atoms with Gasteiger partial charge in [0, 0.05) is 56.9 Å². The molecule has 0 unspecified atom stereocenters. The van der Waals surface area contributed by atoms with Crippen molar-refractivity contribution in [3.05, 3.63) is 80.1 Å². The van der Waals surface area contributed by atoms with Crippen molar-refractivity contribution in [1.82, 2.24) is 5.32 Å². The van der Waals surface area contributed by atoms with E-state index in [1.165, 1.54) is 0 Å². The molecule has 7 heteroatoms. The van der Waals surface area contributed by atoms with E-state index in [2.05, 4.69) is 5.32 Å². The minimum Gasteiger partial charge on any atom is -0.493 e. The van der Waals surface area contributed by atoms with Gasteiger partial charge in [-0.25, -0.2) is 0 Å². The minimum absolute atomic E-state index is 0.108. The Kier molecular flexibility index (Phi) is 6.41. The maximum Gasteiger partial charge on any atom is 0.161 e. The fraction of sp³-hybridized carbons (Fsp3) is 0.333. The molecule has 0 amide bonds. The molecule has 5 nitrogen and oxygen atoms in total. The van der Waals surface area contributed by atoms with Crippen molar-refractivity contribution in [3.8, 4) is 11.5 Å². The van der Waals surface area contributed by atoms with Gasteiger partial charge in [0.1, 0.15) is 6.61 Å². The Balaban J connectivity index is 1.52. The third-order valence-electron chi connectivity index (χ3n) is 6.75. The molecule has 2 aliphatic carbocycles. The fourth-order valence-electron chi connectivity index (χ4n) is 5.12. The minimum atomic E-state index is -0.382. The van der Waals surface area contributed by atoms with E-state index >= 15 is 0 Å². The number of ether oxygens (including phenoxy) is 2. The second kappa shape index (κ2) is 9.47. The summed E-state index contributed by atoms with van der Waals surface area (Å²) in [5, 5.41) is 4.51. The fourth-order valence-corrected chi connectivity index (χ4v) is 5.63. The molecule has 2 aromatic carbocycles. The summed E-state index contributed by atoms with van der Waals surface area (Å²) in [6, 6.07) is 10.9. The van der Waals surface area contributed by atoms with Crippen LogP contribution in [0.3, 0.4) is 0 Å². The van der Waals surface area contributed by atoms with Crippen molar-refractivity contribution in [3.63, 3.8) is 0 Å². The molecule has 2 aromatic rings. The van der Waals surface area contributed by atoms with Gasteiger partial charge in [-0.05, 0) is 55.5 Å². The summed E-state index contributed by atoms with van der Waals surface area (Å²) >= 11 is 12.6. The maximum absolute atomic E-state index is 13.0. The number of hydrogen-bond acceptors (Lipinski definition) is 5. The van der Waals surface area contributed by atoms with E-state index < -0.39 is 0 Å². The lowest BCUT2D eigenvalue weighted by molar-refractivity contribution is -0.116. The molecule has 0 radical (unpaired) electrons. The summed E-state index contributed by atoms with van der Waals surface area (Å²) in [5.41, 5.74) is 4.91. The van der Waals surface area contributed by atoms with Crippen molar-refractivity contribution in [1.29, 1.82) is 0 Å². The first-order valence-corrected chi connectivity index (χ1v) is 12.3. The number of benzene rings is 2. The van der Waals surface area contributed by atoms with Crippen LogP contribution in [-0.4, -0.2) is 18.7 Å². The van der Waals surface area contributed by atoms with Crippen LogP contribution >= 0.6 is 23.2 Å². The molecule has 0 fully saturated rings. The number of allylic oxidation sites excluding steroid dienone is 4. The molecule has 0 bridgehead atoms. The number of methoxy groups -OCH3 is 1. The molecule has 1 heterocycles. The van der Waals surface area contributed by atoms with Crippen LogP contribution < -0.4 is 14.8 Å². The number of carbonyl (C=O) groups is 2. The molecule has 34 heavy (non-hydrogen) atoms. The summed E-state index contributed by atoms with van der Waals surface area (Å²) < 4.78 is 11.7. The smallest absolute Gasteiger partial charge is 0.161 e. The van der Waals surface area contributed by atoms with Crippen molar-refractivity contribution in [2.45, 2.75) is 51.0 Å². The Morgan fingerprint density at radius 2 is 1.50 bits per heavy atom. The van der Waals surface area contributed by atoms with Crippen molar-refractivity contribution < 1.29 is 19.1 Å². The normalized spacial score (nSPS) is 18.4. The first-order valence-electron chi connectivity index (χ1n) is 11.5. The average Bonchev–Trinajstić information content (AvgIpc) is 2.83. The van der Waals surface area contributed by atoms with Crippen molar-refractivity contribution in [2.75, 3.05) is 7.11 Å². The van der Waals surface area contributed by atoms with Gasteiger partial charge >= 0.3 is 0 Å². The molecule has 0 aromatic heterocycles. The quantitative estimate of drug-likeness (QED) is 0.526. The highest BCUT2D eigenvalue weighted by atomic mass is 35.5. The zero-order chi connectivity index (χ0) is 23.8. The Bertz CT molecular complexity index is 1180. The Morgan fingerprint density at radius 1 is 0.882 bits per heavy atom. The maximum atomic E-state index is 13.0. The zero-order valence-electron chi connectivity index (χ0n) is 18.9. The third-order valence-corrected chi connectivity index (χ3v) is 7.45. The van der Waals surface area contributed by atoms with Crippen LogP contribution in [0.4, 0.5) is 0 Å². The van der Waals surface area contributed by atoms with Gasteiger partial charge in [-0.15, -0.1) is 0 Å². The van der Waals surface area contributed by atoms with Crippen LogP contribution in [0, 0.1) is 0 Å². The summed E-state index contributed by atoms with van der Waals surface area (Å²) in [7, 11) is 1.57. The van der Waals surface area contributed by atoms with E-state index in [1.807, 2.05) is 18.2 Å². The highest BCUT2D eigenvalue weighted by Crippen LogP contribution is 2.46. The first-order chi connectivity index (χ1) is 16.5. The second-order valence-electron chi connectivity index (χ2n) is 8.80. The van der Waals surface area contributed by atoms with E-state index in [-0.39, 0.29) is 24.1 Å². The van der Waals surface area contributed by atoms with Gasteiger partial charge in [-0.2, -0.15) is 0 Å². The van der Waals surface area contributed by atoms with E-state index in [1.54, 1.807) is 25.3 Å². The largest absolute Gasteiger partial charge is 0.493 e. The number of halogens is 2. The van der Waals surface area contributed by atoms with E-state index in [0.717, 1.165) is 53.8 Å². The second-order valence-corrected chi connectivity index (χ2v) is 9.61. The molecule has 1 aliphatic heterocycles. The van der Waals surface area contributed by atoms with Crippen molar-refractivity contribution in [2.24, 2.45) is 0 Å². The molecule has 5 rings (SSSR count). The molecule has 0 saturated heterocycles. The summed E-state index contributed by atoms with van der Waals surface area (Å²) in [6.45, 7) is 0.184. The van der Waals surface area contributed by atoms with Gasteiger partial charge in [0.15, 0.2) is 23.1 Å². The van der Waals surface area contributed by atoms with Crippen LogP contribution in [0.25, 0.3) is 0 Å². The number of ketones is 2. The zero-order valence-corrected chi connectivity index (χ0v) is 20.4. The lowest BCUT2D eigenvalue weighted by Crippen LogP contribution is -2.36. The van der Waals surface area contributed by atoms with Crippen LogP contribution in [0.15, 0.2) is 58.9 Å². The average molecular weight is 498 g/mol. The molecule has 0 saturated carbocycles. The van der Waals surface area contributed by atoms with Crippen LogP contribution in [-0.2, 0) is 16.2 Å². The van der Waals surface area contributed by atoms with Crippen LogP contribution in [0.1, 0.15) is 55.6 Å². The Morgan fingerprint density at radius 3 is 2.09 bits per heavy atom. The highest BCUT2D eigenvalue weighted by Gasteiger charge is 2.40. The number of hydrogen-bond donors (Lipinski definition) is 1. The molecule has 3 aliphatic rings. The first kappa shape index (κ1) is 23.0. The number of dihydropyridines is 1. The van der Waals surface area contributed by atoms with Gasteiger partial charge in [0.25, 0.3) is 0 Å². The number of nitrogens with one attached hydrogen (secondary N) is 1. The molecule has 0 spiro atoms. The van der Waals surface area contributed by atoms with E-state index in [0.29, 0.717) is 39.9 Å². The topological polar surface area (TPSA) is 64.6 Å². The number of rotatable bonds is 5. The number of Topliss-reactive ketones (excluding diaryl/α,β-unsaturated/α-hetero) is 2.